The largest absolute Gasteiger partial charge is 0.242 e. The second-order valence-corrected chi connectivity index (χ2v) is 14.3. The van der Waals surface area contributed by atoms with Gasteiger partial charge in [0.25, 0.3) is 0 Å². The van der Waals surface area contributed by atoms with Gasteiger partial charge in [-0.05, 0) is 70.1 Å². The molecule has 0 radical (unpaired) electrons. The van der Waals surface area contributed by atoms with Crippen LogP contribution in [0.15, 0.2) is 12.2 Å². The fraction of sp³-hybridized carbons (Fsp3) is 0.947. The van der Waals surface area contributed by atoms with Crippen LogP contribution in [-0.2, 0) is 0 Å². The quantitative estimate of drug-likeness (QED) is 0.317. The van der Waals surface area contributed by atoms with Crippen LogP contribution in [0.25, 0.3) is 0 Å². The van der Waals surface area contributed by atoms with E-state index in [9.17, 15) is 0 Å². The van der Waals surface area contributed by atoms with Gasteiger partial charge in [-0.25, -0.2) is 10.0 Å². The molecule has 2 aliphatic rings. The normalized spacial score (nSPS) is 27.2. The van der Waals surface area contributed by atoms with Gasteiger partial charge in [-0.3, -0.25) is 0 Å². The zero-order chi connectivity index (χ0) is 28.5. The SMILES string of the molecule is CC(C)CCC1CCCCCCCCN(N2CCCCCCCC=CCCCCCCC2C)CCCCCCC1. The summed E-state index contributed by atoms with van der Waals surface area (Å²) in [5, 5.41) is 5.75. The third-order valence-corrected chi connectivity index (χ3v) is 10.00. The maximum absolute atomic E-state index is 2.88. The fourth-order valence-corrected chi connectivity index (χ4v) is 7.21. The predicted molar refractivity (Wildman–Crippen MR) is 180 cm³/mol. The molecule has 1 saturated heterocycles. The molecule has 0 saturated carbocycles. The van der Waals surface area contributed by atoms with Crippen molar-refractivity contribution in [1.82, 2.24) is 10.0 Å². The zero-order valence-electron chi connectivity index (χ0n) is 28.0. The lowest BCUT2D eigenvalue weighted by molar-refractivity contribution is -0.0622. The first kappa shape index (κ1) is 35.9. The molecule has 2 heteroatoms. The zero-order valence-corrected chi connectivity index (χ0v) is 28.0. The second-order valence-electron chi connectivity index (χ2n) is 14.3. The molecule has 2 unspecified atom stereocenters. The molecule has 0 spiro atoms. The predicted octanol–water partition coefficient (Wildman–Crippen LogP) is 12.3. The molecule has 0 aromatic heterocycles. The van der Waals surface area contributed by atoms with Gasteiger partial charge >= 0.3 is 0 Å². The average molecular weight is 559 g/mol. The molecule has 0 aromatic rings. The Balaban J connectivity index is 1.90. The maximum Gasteiger partial charge on any atom is 0.0217 e. The summed E-state index contributed by atoms with van der Waals surface area (Å²) in [6.07, 6.45) is 43.4. The molecule has 236 valence electrons. The number of hydrazine groups is 1. The highest BCUT2D eigenvalue weighted by molar-refractivity contribution is 4.81. The van der Waals surface area contributed by atoms with Gasteiger partial charge in [-0.15, -0.1) is 0 Å². The molecule has 40 heavy (non-hydrogen) atoms. The summed E-state index contributed by atoms with van der Waals surface area (Å²) in [5.74, 6) is 1.88. The molecule has 0 aromatic carbocycles. The van der Waals surface area contributed by atoms with E-state index in [4.69, 9.17) is 0 Å². The molecule has 0 amide bonds. The third kappa shape index (κ3) is 19.0. The number of rotatable bonds is 4. The Bertz CT molecular complexity index is 570. The summed E-state index contributed by atoms with van der Waals surface area (Å²) in [5.41, 5.74) is 0. The van der Waals surface area contributed by atoms with E-state index in [1.54, 1.807) is 0 Å². The first-order valence-electron chi connectivity index (χ1n) is 18.8. The average Bonchev–Trinajstić information content (AvgIpc) is 2.94. The minimum absolute atomic E-state index is 0.701. The first-order chi connectivity index (χ1) is 19.7. The van der Waals surface area contributed by atoms with Crippen molar-refractivity contribution in [3.8, 4) is 0 Å². The summed E-state index contributed by atoms with van der Waals surface area (Å²) in [6, 6.07) is 0.701. The van der Waals surface area contributed by atoms with Gasteiger partial charge in [0, 0.05) is 25.7 Å². The lowest BCUT2D eigenvalue weighted by Crippen LogP contribution is -2.49. The van der Waals surface area contributed by atoms with Crippen molar-refractivity contribution in [2.75, 3.05) is 19.6 Å². The number of allylic oxidation sites excluding steroid dienone is 2. The van der Waals surface area contributed by atoms with Gasteiger partial charge in [-0.1, -0.05) is 148 Å². The Kier molecular flexibility index (Phi) is 22.6. The van der Waals surface area contributed by atoms with E-state index >= 15 is 0 Å². The van der Waals surface area contributed by atoms with Gasteiger partial charge in [0.2, 0.25) is 0 Å². The van der Waals surface area contributed by atoms with E-state index in [0.717, 1.165) is 11.8 Å². The lowest BCUT2D eigenvalue weighted by atomic mass is 9.88. The van der Waals surface area contributed by atoms with Gasteiger partial charge in [-0.2, -0.15) is 0 Å². The van der Waals surface area contributed by atoms with E-state index in [0.29, 0.717) is 6.04 Å². The highest BCUT2D eigenvalue weighted by Gasteiger charge is 2.21. The van der Waals surface area contributed by atoms with Crippen molar-refractivity contribution in [3.05, 3.63) is 12.2 Å². The van der Waals surface area contributed by atoms with E-state index in [1.807, 2.05) is 0 Å². The van der Waals surface area contributed by atoms with Crippen LogP contribution in [0, 0.1) is 11.8 Å². The van der Waals surface area contributed by atoms with E-state index in [-0.39, 0.29) is 0 Å². The van der Waals surface area contributed by atoms with Crippen LogP contribution >= 0.6 is 0 Å². The summed E-state index contributed by atoms with van der Waals surface area (Å²) >= 11 is 0. The van der Waals surface area contributed by atoms with Crippen LogP contribution in [0.5, 0.6) is 0 Å². The van der Waals surface area contributed by atoms with Crippen LogP contribution in [-0.4, -0.2) is 35.7 Å². The van der Waals surface area contributed by atoms with E-state index < -0.39 is 0 Å². The molecular formula is C38H74N2. The minimum atomic E-state index is 0.701. The van der Waals surface area contributed by atoms with Gasteiger partial charge in [0.15, 0.2) is 0 Å². The lowest BCUT2D eigenvalue weighted by Gasteiger charge is -2.40. The van der Waals surface area contributed by atoms with Crippen LogP contribution in [0.2, 0.25) is 0 Å². The fourth-order valence-electron chi connectivity index (χ4n) is 7.21. The Hall–Kier alpha value is -0.340. The molecule has 2 rings (SSSR count). The summed E-state index contributed by atoms with van der Waals surface area (Å²) in [6.45, 7) is 11.3. The summed E-state index contributed by atoms with van der Waals surface area (Å²) in [4.78, 5) is 0. The Morgan fingerprint density at radius 3 is 1.48 bits per heavy atom. The van der Waals surface area contributed by atoms with Crippen LogP contribution in [0.4, 0.5) is 0 Å². The summed E-state index contributed by atoms with van der Waals surface area (Å²) < 4.78 is 0. The van der Waals surface area contributed by atoms with Crippen molar-refractivity contribution in [3.63, 3.8) is 0 Å². The maximum atomic E-state index is 2.88. The van der Waals surface area contributed by atoms with E-state index in [1.165, 1.54) is 193 Å². The molecule has 1 fully saturated rings. The highest BCUT2D eigenvalue weighted by atomic mass is 15.6. The number of nitrogens with zero attached hydrogens (tertiary/aromatic N) is 2. The Morgan fingerprint density at radius 2 is 0.950 bits per heavy atom. The molecule has 2 nitrogen and oxygen atoms in total. The molecule has 2 heterocycles. The standard InChI is InChI=1S/C38H74N2/c1-36(2)31-32-38-29-23-17-12-14-19-25-33-39(34-26-20-15-18-24-30-38)40-35-27-21-13-10-8-6-4-5-7-9-11-16-22-28-37(40)3/h4-5,36-38H,6-35H2,1-3H3. The minimum Gasteiger partial charge on any atom is -0.242 e. The van der Waals surface area contributed by atoms with Crippen molar-refractivity contribution in [2.45, 2.75) is 200 Å². The first-order valence-corrected chi connectivity index (χ1v) is 18.8. The summed E-state index contributed by atoms with van der Waals surface area (Å²) in [7, 11) is 0. The van der Waals surface area contributed by atoms with Crippen LogP contribution in [0.1, 0.15) is 194 Å². The van der Waals surface area contributed by atoms with E-state index in [2.05, 4.69) is 42.9 Å². The Labute approximate surface area is 253 Å². The molecule has 2 atom stereocenters. The molecule has 2 aliphatic heterocycles. The Morgan fingerprint density at radius 1 is 0.525 bits per heavy atom. The smallest absolute Gasteiger partial charge is 0.0217 e. The third-order valence-electron chi connectivity index (χ3n) is 10.00. The van der Waals surface area contributed by atoms with Crippen molar-refractivity contribution < 1.29 is 0 Å². The highest BCUT2D eigenvalue weighted by Crippen LogP contribution is 2.26. The number of hydrogen-bond acceptors (Lipinski definition) is 2. The number of hydrogen-bond donors (Lipinski definition) is 0. The topological polar surface area (TPSA) is 6.48 Å². The monoisotopic (exact) mass is 559 g/mol. The second kappa shape index (κ2) is 25.2. The van der Waals surface area contributed by atoms with Crippen LogP contribution in [0.3, 0.4) is 0 Å². The molecular weight excluding hydrogens is 484 g/mol. The molecule has 0 bridgehead atoms. The van der Waals surface area contributed by atoms with Crippen molar-refractivity contribution in [1.29, 1.82) is 0 Å². The van der Waals surface area contributed by atoms with Gasteiger partial charge in [0.05, 0.1) is 0 Å². The van der Waals surface area contributed by atoms with Crippen molar-refractivity contribution >= 4 is 0 Å². The van der Waals surface area contributed by atoms with Gasteiger partial charge in [0.1, 0.15) is 0 Å². The molecule has 0 N–H and O–H groups in total. The van der Waals surface area contributed by atoms with Crippen LogP contribution < -0.4 is 0 Å². The molecule has 0 aliphatic carbocycles. The van der Waals surface area contributed by atoms with Gasteiger partial charge < -0.3 is 0 Å². The van der Waals surface area contributed by atoms with Crippen molar-refractivity contribution in [2.24, 2.45) is 11.8 Å².